The van der Waals surface area contributed by atoms with Gasteiger partial charge >= 0.3 is 0 Å². The van der Waals surface area contributed by atoms with Gasteiger partial charge in [-0.25, -0.2) is 0 Å². The van der Waals surface area contributed by atoms with Crippen LogP contribution in [0.2, 0.25) is 0 Å². The molecular weight excluding hydrogens is 492 g/mol. The standard InChI is InChI=1S/C27H36N4O7/c1-26(2,3)10-30-9-12-8-15(28)13-6-11-7-14-19(31(4)5)22(34)18(25(29)37)24(36)27(14,38)23(35)16(11)21(33)17(13)20(12)32/h8,11,14,19,30,32-33,36,38H,6-7,9-10,28H2,1-5H3,(H2,29,37)/t11-,14-,19-,27-/m0/s1. The maximum absolute atomic E-state index is 13.9. The summed E-state index contributed by atoms with van der Waals surface area (Å²) in [6.45, 7) is 7.06. The Balaban J connectivity index is 1.86. The first-order valence-corrected chi connectivity index (χ1v) is 12.5. The van der Waals surface area contributed by atoms with Gasteiger partial charge in [0, 0.05) is 35.8 Å². The number of likely N-dealkylation sites (N-methyl/N-ethyl adjacent to an activating group) is 1. The highest BCUT2D eigenvalue weighted by atomic mass is 16.3. The molecule has 38 heavy (non-hydrogen) atoms. The van der Waals surface area contributed by atoms with Crippen molar-refractivity contribution in [3.63, 3.8) is 0 Å². The smallest absolute Gasteiger partial charge is 0.255 e. The fourth-order valence-electron chi connectivity index (χ4n) is 6.11. The molecule has 11 nitrogen and oxygen atoms in total. The zero-order valence-corrected chi connectivity index (χ0v) is 22.3. The van der Waals surface area contributed by atoms with Gasteiger partial charge in [0.1, 0.15) is 22.8 Å². The molecule has 1 fully saturated rings. The number of ketones is 2. The number of hydrogen-bond acceptors (Lipinski definition) is 10. The number of nitrogen functional groups attached to an aromatic ring is 1. The summed E-state index contributed by atoms with van der Waals surface area (Å²) < 4.78 is 0. The second kappa shape index (κ2) is 9.11. The predicted octanol–water partition coefficient (Wildman–Crippen LogP) is 0.682. The summed E-state index contributed by atoms with van der Waals surface area (Å²) in [6.07, 6.45) is 0.171. The molecule has 9 N–H and O–H groups in total. The maximum Gasteiger partial charge on any atom is 0.255 e. The van der Waals surface area contributed by atoms with Gasteiger partial charge in [0.25, 0.3) is 5.91 Å². The van der Waals surface area contributed by atoms with Crippen molar-refractivity contribution in [3.05, 3.63) is 39.7 Å². The van der Waals surface area contributed by atoms with E-state index in [1.165, 1.54) is 4.90 Å². The Morgan fingerprint density at radius 2 is 1.84 bits per heavy atom. The van der Waals surface area contributed by atoms with E-state index in [9.17, 15) is 34.8 Å². The summed E-state index contributed by atoms with van der Waals surface area (Å²) in [5, 5.41) is 48.3. The van der Waals surface area contributed by atoms with Gasteiger partial charge in [-0.15, -0.1) is 0 Å². The van der Waals surface area contributed by atoms with Gasteiger partial charge in [0.05, 0.1) is 11.6 Å². The van der Waals surface area contributed by atoms with Crippen LogP contribution in [0.3, 0.4) is 0 Å². The highest BCUT2D eigenvalue weighted by Crippen LogP contribution is 2.53. The monoisotopic (exact) mass is 528 g/mol. The highest BCUT2D eigenvalue weighted by Gasteiger charge is 2.64. The number of primary amides is 1. The number of carbonyl (C=O) groups excluding carboxylic acids is 3. The molecule has 3 aliphatic rings. The maximum atomic E-state index is 13.9. The van der Waals surface area contributed by atoms with E-state index < -0.39 is 58.0 Å². The number of nitrogens with zero attached hydrogens (tertiary/aromatic N) is 1. The van der Waals surface area contributed by atoms with E-state index in [2.05, 4.69) is 26.1 Å². The number of phenolic OH excluding ortho intramolecular Hbond substituents is 1. The number of aromatic hydroxyl groups is 1. The van der Waals surface area contributed by atoms with Crippen molar-refractivity contribution in [2.45, 2.75) is 51.8 Å². The summed E-state index contributed by atoms with van der Waals surface area (Å²) in [6, 6.07) is 0.498. The van der Waals surface area contributed by atoms with E-state index in [1.807, 2.05) is 0 Å². The van der Waals surface area contributed by atoms with Gasteiger partial charge < -0.3 is 37.2 Å². The molecule has 0 aromatic heterocycles. The van der Waals surface area contributed by atoms with Crippen molar-refractivity contribution in [2.75, 3.05) is 26.4 Å². The van der Waals surface area contributed by atoms with Crippen LogP contribution in [0.25, 0.3) is 5.76 Å². The minimum Gasteiger partial charge on any atom is -0.508 e. The number of nitrogens with two attached hydrogens (primary N) is 2. The van der Waals surface area contributed by atoms with Gasteiger partial charge in [0.2, 0.25) is 5.78 Å². The number of benzene rings is 1. The van der Waals surface area contributed by atoms with Crippen LogP contribution in [-0.4, -0.2) is 75.1 Å². The molecule has 0 heterocycles. The van der Waals surface area contributed by atoms with E-state index in [0.717, 1.165) is 0 Å². The van der Waals surface area contributed by atoms with Gasteiger partial charge in [-0.05, 0) is 49.9 Å². The van der Waals surface area contributed by atoms with E-state index in [0.29, 0.717) is 23.4 Å². The summed E-state index contributed by atoms with van der Waals surface area (Å²) in [5.74, 6) is -6.82. The average molecular weight is 529 g/mol. The van der Waals surface area contributed by atoms with Gasteiger partial charge in [-0.2, -0.15) is 0 Å². The number of phenols is 1. The van der Waals surface area contributed by atoms with Crippen molar-refractivity contribution in [1.82, 2.24) is 10.2 Å². The Labute approximate surface area is 220 Å². The first kappa shape index (κ1) is 27.6. The van der Waals surface area contributed by atoms with Crippen LogP contribution in [0.4, 0.5) is 5.69 Å². The zero-order chi connectivity index (χ0) is 28.5. The Kier molecular flexibility index (Phi) is 6.62. The molecule has 0 spiro atoms. The van der Waals surface area contributed by atoms with Crippen molar-refractivity contribution >= 4 is 28.9 Å². The first-order valence-electron chi connectivity index (χ1n) is 12.5. The number of aliphatic hydroxyl groups is 3. The van der Waals surface area contributed by atoms with E-state index in [-0.39, 0.29) is 41.7 Å². The van der Waals surface area contributed by atoms with Crippen LogP contribution in [0.15, 0.2) is 23.0 Å². The van der Waals surface area contributed by atoms with E-state index in [1.54, 1.807) is 20.2 Å². The summed E-state index contributed by atoms with van der Waals surface area (Å²) in [5.41, 5.74) is 9.16. The number of hydrogen-bond donors (Lipinski definition) is 7. The van der Waals surface area contributed by atoms with Crippen molar-refractivity contribution in [3.8, 4) is 5.75 Å². The van der Waals surface area contributed by atoms with Crippen LogP contribution < -0.4 is 16.8 Å². The number of carbonyl (C=O) groups is 3. The molecule has 1 amide bonds. The topological polar surface area (TPSA) is 199 Å². The molecule has 1 aromatic rings. The second-order valence-electron chi connectivity index (χ2n) is 12.0. The van der Waals surface area contributed by atoms with E-state index >= 15 is 0 Å². The molecule has 3 aliphatic carbocycles. The third kappa shape index (κ3) is 4.05. The normalized spacial score (nSPS) is 27.4. The lowest BCUT2D eigenvalue weighted by Gasteiger charge is -2.50. The molecule has 4 rings (SSSR count). The second-order valence-corrected chi connectivity index (χ2v) is 12.0. The zero-order valence-electron chi connectivity index (χ0n) is 22.3. The van der Waals surface area contributed by atoms with Crippen LogP contribution in [0.5, 0.6) is 5.75 Å². The Morgan fingerprint density at radius 1 is 1.21 bits per heavy atom. The lowest BCUT2D eigenvalue weighted by Crippen LogP contribution is -2.65. The van der Waals surface area contributed by atoms with Gasteiger partial charge in [-0.1, -0.05) is 20.8 Å². The van der Waals surface area contributed by atoms with Crippen molar-refractivity contribution in [1.29, 1.82) is 0 Å². The quantitative estimate of drug-likeness (QED) is 0.162. The van der Waals surface area contributed by atoms with Crippen LogP contribution in [-0.2, 0) is 27.3 Å². The molecule has 11 heteroatoms. The summed E-state index contributed by atoms with van der Waals surface area (Å²) in [7, 11) is 3.11. The molecule has 0 unspecified atom stereocenters. The lowest BCUT2D eigenvalue weighted by molar-refractivity contribution is -0.153. The van der Waals surface area contributed by atoms with Crippen LogP contribution in [0.1, 0.15) is 43.9 Å². The number of Topliss-reactive ketones (excluding diaryl/α,β-unsaturated/α-hetero) is 2. The number of anilines is 1. The first-order chi connectivity index (χ1) is 17.5. The molecule has 0 bridgehead atoms. The SMILES string of the molecule is CN(C)[C@@H]1C(=O)C(C(N)=O)=C(O)[C@@]2(O)C(=O)C3=C(O)c4c(O)c(CNCC(C)(C)C)cc(N)c4C[C@H]3C[C@@H]12. The Morgan fingerprint density at radius 3 is 2.39 bits per heavy atom. The fraction of sp³-hybridized carbons (Fsp3) is 0.519. The van der Waals surface area contributed by atoms with Gasteiger partial charge in [-0.3, -0.25) is 19.3 Å². The molecular formula is C27H36N4O7. The minimum atomic E-state index is -2.67. The molecule has 0 aliphatic heterocycles. The number of aliphatic hydroxyl groups excluding tert-OH is 2. The molecule has 0 saturated heterocycles. The third-order valence-corrected chi connectivity index (χ3v) is 7.81. The van der Waals surface area contributed by atoms with Crippen LogP contribution >= 0.6 is 0 Å². The number of rotatable bonds is 5. The Bertz CT molecular complexity index is 1310. The van der Waals surface area contributed by atoms with Crippen LogP contribution in [0, 0.1) is 17.3 Å². The van der Waals surface area contributed by atoms with Crippen molar-refractivity contribution in [2.24, 2.45) is 23.0 Å². The average Bonchev–Trinajstić information content (AvgIpc) is 2.78. The molecule has 4 atom stereocenters. The minimum absolute atomic E-state index is 0.00570. The number of fused-ring (bicyclic) bond motifs is 3. The summed E-state index contributed by atoms with van der Waals surface area (Å²) >= 11 is 0. The Hall–Kier alpha value is -3.41. The third-order valence-electron chi connectivity index (χ3n) is 7.81. The molecule has 0 radical (unpaired) electrons. The fourth-order valence-corrected chi connectivity index (χ4v) is 6.11. The molecule has 206 valence electrons. The molecule has 1 aromatic carbocycles. The van der Waals surface area contributed by atoms with E-state index in [4.69, 9.17) is 11.5 Å². The lowest BCUT2D eigenvalue weighted by atomic mass is 9.57. The highest BCUT2D eigenvalue weighted by molar-refractivity contribution is 6.24. The molecule has 1 saturated carbocycles. The number of nitrogens with one attached hydrogen (secondary N) is 1. The van der Waals surface area contributed by atoms with Crippen molar-refractivity contribution < 1.29 is 34.8 Å². The van der Waals surface area contributed by atoms with Gasteiger partial charge in [0.15, 0.2) is 11.4 Å². The largest absolute Gasteiger partial charge is 0.508 e. The predicted molar refractivity (Wildman–Crippen MR) is 140 cm³/mol. The number of amides is 1. The summed E-state index contributed by atoms with van der Waals surface area (Å²) in [4.78, 5) is 40.5.